The van der Waals surface area contributed by atoms with E-state index in [1.807, 2.05) is 24.3 Å². The number of halogens is 1. The zero-order chi connectivity index (χ0) is 16.9. The zero-order valence-electron chi connectivity index (χ0n) is 12.9. The van der Waals surface area contributed by atoms with E-state index in [1.54, 1.807) is 0 Å². The minimum absolute atomic E-state index is 0.122. The first-order valence-corrected chi connectivity index (χ1v) is 9.99. The Kier molecular flexibility index (Phi) is 6.44. The molecule has 1 unspecified atom stereocenters. The molecule has 5 nitrogen and oxygen atoms in total. The standard InChI is InChI=1S/C16H22ClNO4S/c17-14-7-5-13(6-8-14)15-4-2-1-3-9-18(15)10-11-23(21,22)12-16(19)20/h5-8,15H,1-4,9-12H2,(H,19,20). The highest BCUT2D eigenvalue weighted by Gasteiger charge is 2.25. The van der Waals surface area contributed by atoms with Gasteiger partial charge in [0.2, 0.25) is 0 Å². The fourth-order valence-corrected chi connectivity index (χ4v) is 4.17. The van der Waals surface area contributed by atoms with Crippen LogP contribution in [0.5, 0.6) is 0 Å². The summed E-state index contributed by atoms with van der Waals surface area (Å²) < 4.78 is 23.7. The van der Waals surface area contributed by atoms with E-state index in [4.69, 9.17) is 16.7 Å². The lowest BCUT2D eigenvalue weighted by atomic mass is 10.0. The van der Waals surface area contributed by atoms with E-state index in [0.29, 0.717) is 11.6 Å². The topological polar surface area (TPSA) is 74.7 Å². The van der Waals surface area contributed by atoms with Gasteiger partial charge in [0.05, 0.1) is 5.75 Å². The molecule has 2 rings (SSSR count). The predicted molar refractivity (Wildman–Crippen MR) is 90.5 cm³/mol. The van der Waals surface area contributed by atoms with Gasteiger partial charge in [-0.1, -0.05) is 36.6 Å². The van der Waals surface area contributed by atoms with Crippen LogP contribution in [0.4, 0.5) is 0 Å². The van der Waals surface area contributed by atoms with E-state index < -0.39 is 21.6 Å². The first kappa shape index (κ1) is 18.2. The lowest BCUT2D eigenvalue weighted by Gasteiger charge is -2.30. The zero-order valence-corrected chi connectivity index (χ0v) is 14.5. The lowest BCUT2D eigenvalue weighted by molar-refractivity contribution is -0.134. The number of carbonyl (C=O) groups is 1. The van der Waals surface area contributed by atoms with Crippen LogP contribution in [-0.4, -0.2) is 49.0 Å². The van der Waals surface area contributed by atoms with Gasteiger partial charge in [-0.05, 0) is 37.1 Å². The van der Waals surface area contributed by atoms with Crippen LogP contribution in [0.3, 0.4) is 0 Å². The summed E-state index contributed by atoms with van der Waals surface area (Å²) in [6, 6.07) is 7.82. The maximum Gasteiger partial charge on any atom is 0.318 e. The molecule has 23 heavy (non-hydrogen) atoms. The van der Waals surface area contributed by atoms with Crippen LogP contribution in [0, 0.1) is 0 Å². The van der Waals surface area contributed by atoms with Gasteiger partial charge in [-0.25, -0.2) is 8.42 Å². The van der Waals surface area contributed by atoms with Gasteiger partial charge >= 0.3 is 5.97 Å². The van der Waals surface area contributed by atoms with Crippen LogP contribution in [0.25, 0.3) is 0 Å². The van der Waals surface area contributed by atoms with Crippen molar-refractivity contribution in [2.24, 2.45) is 0 Å². The second-order valence-corrected chi connectivity index (χ2v) is 8.56. The Labute approximate surface area is 142 Å². The summed E-state index contributed by atoms with van der Waals surface area (Å²) in [6.45, 7) is 1.19. The van der Waals surface area contributed by atoms with Gasteiger partial charge < -0.3 is 5.11 Å². The Hall–Kier alpha value is -1.11. The lowest BCUT2D eigenvalue weighted by Crippen LogP contribution is -2.34. The number of carboxylic acids is 1. The van der Waals surface area contributed by atoms with Crippen LogP contribution in [0.15, 0.2) is 24.3 Å². The molecule has 1 heterocycles. The predicted octanol–water partition coefficient (Wildman–Crippen LogP) is 2.76. The first-order valence-electron chi connectivity index (χ1n) is 7.79. The highest BCUT2D eigenvalue weighted by atomic mass is 35.5. The largest absolute Gasteiger partial charge is 0.480 e. The summed E-state index contributed by atoms with van der Waals surface area (Å²) in [5.41, 5.74) is 1.13. The summed E-state index contributed by atoms with van der Waals surface area (Å²) >= 11 is 5.94. The van der Waals surface area contributed by atoms with E-state index in [1.165, 1.54) is 0 Å². The number of likely N-dealkylation sites (tertiary alicyclic amines) is 1. The molecule has 0 amide bonds. The quantitative estimate of drug-likeness (QED) is 0.845. The maximum absolute atomic E-state index is 11.8. The molecule has 1 aromatic carbocycles. The number of sulfone groups is 1. The molecule has 1 fully saturated rings. The molecule has 7 heteroatoms. The molecule has 0 aromatic heterocycles. The number of hydrogen-bond donors (Lipinski definition) is 1. The second kappa shape index (κ2) is 8.13. The SMILES string of the molecule is O=C(O)CS(=O)(=O)CCN1CCCCCC1c1ccc(Cl)cc1. The van der Waals surface area contributed by atoms with Crippen LogP contribution in [0.1, 0.15) is 37.3 Å². The van der Waals surface area contributed by atoms with Gasteiger partial charge in [0.15, 0.2) is 9.84 Å². The summed E-state index contributed by atoms with van der Waals surface area (Å²) in [6.07, 6.45) is 4.23. The van der Waals surface area contributed by atoms with E-state index in [0.717, 1.165) is 37.8 Å². The summed E-state index contributed by atoms with van der Waals surface area (Å²) in [5, 5.41) is 9.36. The molecule has 0 spiro atoms. The van der Waals surface area contributed by atoms with Crippen molar-refractivity contribution in [1.29, 1.82) is 0 Å². The molecule has 0 aliphatic carbocycles. The number of aliphatic carboxylic acids is 1. The van der Waals surface area contributed by atoms with Crippen molar-refractivity contribution in [2.45, 2.75) is 31.7 Å². The number of hydrogen-bond acceptors (Lipinski definition) is 4. The molecular weight excluding hydrogens is 338 g/mol. The highest BCUT2D eigenvalue weighted by Crippen LogP contribution is 2.30. The number of carboxylic acid groups (broad SMARTS) is 1. The Bertz CT molecular complexity index is 630. The van der Waals surface area contributed by atoms with Gasteiger partial charge in [-0.15, -0.1) is 0 Å². The van der Waals surface area contributed by atoms with E-state index in [9.17, 15) is 13.2 Å². The second-order valence-electron chi connectivity index (χ2n) is 5.94. The molecule has 1 aliphatic rings. The molecular formula is C16H22ClNO4S. The molecule has 0 bridgehead atoms. The first-order chi connectivity index (χ1) is 10.9. The molecule has 128 valence electrons. The Balaban J connectivity index is 2.09. The molecule has 1 N–H and O–H groups in total. The normalized spacial score (nSPS) is 20.1. The highest BCUT2D eigenvalue weighted by molar-refractivity contribution is 7.92. The van der Waals surface area contributed by atoms with E-state index >= 15 is 0 Å². The minimum Gasteiger partial charge on any atom is -0.480 e. The third-order valence-electron chi connectivity index (χ3n) is 4.15. The van der Waals surface area contributed by atoms with Crippen molar-refractivity contribution >= 4 is 27.4 Å². The van der Waals surface area contributed by atoms with Crippen LogP contribution >= 0.6 is 11.6 Å². The van der Waals surface area contributed by atoms with Crippen LogP contribution in [-0.2, 0) is 14.6 Å². The van der Waals surface area contributed by atoms with Gasteiger partial charge in [0, 0.05) is 17.6 Å². The van der Waals surface area contributed by atoms with Crippen molar-refractivity contribution in [3.8, 4) is 0 Å². The molecule has 1 saturated heterocycles. The average Bonchev–Trinajstić information content (AvgIpc) is 2.70. The van der Waals surface area contributed by atoms with Gasteiger partial charge in [0.25, 0.3) is 0 Å². The minimum atomic E-state index is -3.57. The third kappa shape index (κ3) is 5.79. The summed E-state index contributed by atoms with van der Waals surface area (Å²) in [7, 11) is -3.57. The number of benzene rings is 1. The Morgan fingerprint density at radius 2 is 1.91 bits per heavy atom. The van der Waals surface area contributed by atoms with Crippen molar-refractivity contribution in [3.05, 3.63) is 34.9 Å². The van der Waals surface area contributed by atoms with Crippen molar-refractivity contribution in [2.75, 3.05) is 24.6 Å². The molecule has 0 saturated carbocycles. The molecule has 1 aromatic rings. The van der Waals surface area contributed by atoms with Crippen molar-refractivity contribution < 1.29 is 18.3 Å². The van der Waals surface area contributed by atoms with Crippen molar-refractivity contribution in [1.82, 2.24) is 4.90 Å². The van der Waals surface area contributed by atoms with Gasteiger partial charge in [0.1, 0.15) is 5.75 Å². The Morgan fingerprint density at radius 3 is 2.57 bits per heavy atom. The van der Waals surface area contributed by atoms with E-state index in [2.05, 4.69) is 4.90 Å². The van der Waals surface area contributed by atoms with Crippen LogP contribution < -0.4 is 0 Å². The van der Waals surface area contributed by atoms with E-state index in [-0.39, 0.29) is 11.8 Å². The number of rotatable bonds is 6. The Morgan fingerprint density at radius 1 is 1.22 bits per heavy atom. The smallest absolute Gasteiger partial charge is 0.318 e. The third-order valence-corrected chi connectivity index (χ3v) is 5.89. The van der Waals surface area contributed by atoms with Gasteiger partial charge in [-0.2, -0.15) is 0 Å². The fraction of sp³-hybridized carbons (Fsp3) is 0.562. The molecule has 0 radical (unpaired) electrons. The van der Waals surface area contributed by atoms with Crippen LogP contribution in [0.2, 0.25) is 5.02 Å². The summed E-state index contributed by atoms with van der Waals surface area (Å²) in [4.78, 5) is 12.8. The molecule has 1 atom stereocenters. The summed E-state index contributed by atoms with van der Waals surface area (Å²) in [5.74, 6) is -2.22. The number of nitrogens with zero attached hydrogens (tertiary/aromatic N) is 1. The monoisotopic (exact) mass is 359 g/mol. The van der Waals surface area contributed by atoms with Crippen molar-refractivity contribution in [3.63, 3.8) is 0 Å². The fourth-order valence-electron chi connectivity index (χ4n) is 3.01. The molecule has 1 aliphatic heterocycles. The average molecular weight is 360 g/mol. The maximum atomic E-state index is 11.8. The van der Waals surface area contributed by atoms with Gasteiger partial charge in [-0.3, -0.25) is 9.69 Å².